The highest BCUT2D eigenvalue weighted by atomic mass is 32.1. The van der Waals surface area contributed by atoms with Gasteiger partial charge in [0.05, 0.1) is 6.54 Å². The summed E-state index contributed by atoms with van der Waals surface area (Å²) in [5.41, 5.74) is 6.38. The van der Waals surface area contributed by atoms with Crippen LogP contribution >= 0.6 is 11.3 Å². The lowest BCUT2D eigenvalue weighted by Gasteiger charge is -2.12. The van der Waals surface area contributed by atoms with Crippen molar-refractivity contribution >= 4 is 33.2 Å². The van der Waals surface area contributed by atoms with E-state index >= 15 is 0 Å². The molecule has 5 heteroatoms. The molecule has 1 aromatic heterocycles. The number of anilines is 1. The Hall–Kier alpha value is -1.59. The second-order valence-electron chi connectivity index (χ2n) is 3.99. The third kappa shape index (κ3) is 1.77. The number of amides is 1. The Morgan fingerprint density at radius 2 is 2.35 bits per heavy atom. The Bertz CT molecular complexity index is 566. The monoisotopic (exact) mass is 248 g/mol. The van der Waals surface area contributed by atoms with E-state index < -0.39 is 0 Å². The van der Waals surface area contributed by atoms with Crippen LogP contribution in [0.2, 0.25) is 0 Å². The number of hydrogen-bond donors (Lipinski definition) is 1. The van der Waals surface area contributed by atoms with Crippen LogP contribution in [-0.2, 0) is 4.74 Å². The van der Waals surface area contributed by atoms with Crippen molar-refractivity contribution in [3.8, 4) is 0 Å². The van der Waals surface area contributed by atoms with Crippen LogP contribution in [0.4, 0.5) is 10.5 Å². The second-order valence-corrected chi connectivity index (χ2v) is 4.94. The second kappa shape index (κ2) is 4.01. The summed E-state index contributed by atoms with van der Waals surface area (Å²) in [6, 6.07) is 8.02. The molecule has 0 aliphatic carbocycles. The van der Waals surface area contributed by atoms with Crippen molar-refractivity contribution in [3.63, 3.8) is 0 Å². The van der Waals surface area contributed by atoms with Crippen molar-refractivity contribution in [1.82, 2.24) is 0 Å². The molecular weight excluding hydrogens is 236 g/mol. The lowest BCUT2D eigenvalue weighted by molar-refractivity contribution is 0.145. The van der Waals surface area contributed by atoms with E-state index in [1.54, 1.807) is 16.2 Å². The number of hydrogen-bond acceptors (Lipinski definition) is 4. The topological polar surface area (TPSA) is 55.6 Å². The average Bonchev–Trinajstić information content (AvgIpc) is 2.93. The Kier molecular flexibility index (Phi) is 2.49. The van der Waals surface area contributed by atoms with Crippen molar-refractivity contribution in [3.05, 3.63) is 29.6 Å². The normalized spacial score (nSPS) is 19.9. The average molecular weight is 248 g/mol. The maximum Gasteiger partial charge on any atom is 0.414 e. The summed E-state index contributed by atoms with van der Waals surface area (Å²) in [5.74, 6) is 0. The van der Waals surface area contributed by atoms with Gasteiger partial charge in [-0.25, -0.2) is 4.79 Å². The number of nitrogens with zero attached hydrogens (tertiary/aromatic N) is 1. The van der Waals surface area contributed by atoms with Gasteiger partial charge in [-0.2, -0.15) is 0 Å². The molecule has 3 rings (SSSR count). The zero-order chi connectivity index (χ0) is 11.8. The van der Waals surface area contributed by atoms with Crippen molar-refractivity contribution in [1.29, 1.82) is 0 Å². The molecule has 4 nitrogen and oxygen atoms in total. The van der Waals surface area contributed by atoms with E-state index in [1.807, 2.05) is 29.6 Å². The SMILES string of the molecule is NC[C@@H]1CN(c2ccc3sccc3c2)C(=O)O1. The highest BCUT2D eigenvalue weighted by Gasteiger charge is 2.31. The predicted molar refractivity (Wildman–Crippen MR) is 68.5 cm³/mol. The quantitative estimate of drug-likeness (QED) is 0.886. The molecule has 0 unspecified atom stereocenters. The molecule has 2 aromatic rings. The van der Waals surface area contributed by atoms with Crippen LogP contribution in [-0.4, -0.2) is 25.3 Å². The lowest BCUT2D eigenvalue weighted by Crippen LogP contribution is -2.27. The molecular formula is C12H12N2O2S. The summed E-state index contributed by atoms with van der Waals surface area (Å²) in [4.78, 5) is 13.3. The Morgan fingerprint density at radius 1 is 1.47 bits per heavy atom. The first-order valence-corrected chi connectivity index (χ1v) is 6.31. The first-order valence-electron chi connectivity index (χ1n) is 5.43. The summed E-state index contributed by atoms with van der Waals surface area (Å²) in [7, 11) is 0. The zero-order valence-corrected chi connectivity index (χ0v) is 9.94. The maximum absolute atomic E-state index is 11.7. The fourth-order valence-corrected chi connectivity index (χ4v) is 2.75. The van der Waals surface area contributed by atoms with E-state index in [-0.39, 0.29) is 12.2 Å². The Labute approximate surface area is 103 Å². The molecule has 88 valence electrons. The number of carbonyl (C=O) groups excluding carboxylic acids is 1. The molecule has 1 amide bonds. The van der Waals surface area contributed by atoms with Gasteiger partial charge in [-0.3, -0.25) is 4.90 Å². The highest BCUT2D eigenvalue weighted by Crippen LogP contribution is 2.28. The summed E-state index contributed by atoms with van der Waals surface area (Å²) < 4.78 is 6.35. The molecule has 2 N–H and O–H groups in total. The number of rotatable bonds is 2. The molecule has 1 aromatic carbocycles. The van der Waals surface area contributed by atoms with Crippen LogP contribution in [0.5, 0.6) is 0 Å². The third-order valence-corrected chi connectivity index (χ3v) is 3.78. The molecule has 0 bridgehead atoms. The molecule has 1 fully saturated rings. The van der Waals surface area contributed by atoms with Gasteiger partial charge >= 0.3 is 6.09 Å². The van der Waals surface area contributed by atoms with Gasteiger partial charge in [0.15, 0.2) is 0 Å². The van der Waals surface area contributed by atoms with E-state index in [9.17, 15) is 4.79 Å². The van der Waals surface area contributed by atoms with Gasteiger partial charge in [-0.15, -0.1) is 11.3 Å². The number of ether oxygens (including phenoxy) is 1. The molecule has 0 radical (unpaired) electrons. The standard InChI is InChI=1S/C12H12N2O2S/c13-6-10-7-14(12(15)16-10)9-1-2-11-8(5-9)3-4-17-11/h1-5,10H,6-7,13H2/t10-/m1/s1. The summed E-state index contributed by atoms with van der Waals surface area (Å²) in [5, 5.41) is 3.19. The van der Waals surface area contributed by atoms with Crippen LogP contribution < -0.4 is 10.6 Å². The fourth-order valence-electron chi connectivity index (χ4n) is 1.98. The number of carbonyl (C=O) groups is 1. The summed E-state index contributed by atoms with van der Waals surface area (Å²) in [6.45, 7) is 0.897. The minimum atomic E-state index is -0.310. The van der Waals surface area contributed by atoms with Crippen LogP contribution in [0, 0.1) is 0 Å². The van der Waals surface area contributed by atoms with Crippen LogP contribution in [0.3, 0.4) is 0 Å². The van der Waals surface area contributed by atoms with Crippen LogP contribution in [0.1, 0.15) is 0 Å². The lowest BCUT2D eigenvalue weighted by atomic mass is 10.2. The van der Waals surface area contributed by atoms with E-state index in [0.29, 0.717) is 13.1 Å². The van der Waals surface area contributed by atoms with E-state index in [0.717, 1.165) is 11.1 Å². The number of benzene rings is 1. The Balaban J connectivity index is 1.95. The number of thiophene rings is 1. The molecule has 0 saturated carbocycles. The first kappa shape index (κ1) is 10.6. The molecule has 1 aliphatic rings. The van der Waals surface area contributed by atoms with Gasteiger partial charge in [0, 0.05) is 16.9 Å². The predicted octanol–water partition coefficient (Wildman–Crippen LogP) is 2.19. The summed E-state index contributed by atoms with van der Waals surface area (Å²) in [6.07, 6.45) is -0.504. The van der Waals surface area contributed by atoms with Crippen LogP contribution in [0.25, 0.3) is 10.1 Å². The maximum atomic E-state index is 11.7. The fraction of sp³-hybridized carbons (Fsp3) is 0.250. The van der Waals surface area contributed by atoms with Gasteiger partial charge in [-0.1, -0.05) is 0 Å². The molecule has 1 saturated heterocycles. The smallest absolute Gasteiger partial charge is 0.414 e. The van der Waals surface area contributed by atoms with Gasteiger partial charge in [0.25, 0.3) is 0 Å². The van der Waals surface area contributed by atoms with Gasteiger partial charge in [0.2, 0.25) is 0 Å². The molecule has 1 atom stereocenters. The van der Waals surface area contributed by atoms with E-state index in [1.165, 1.54) is 4.70 Å². The molecule has 2 heterocycles. The number of fused-ring (bicyclic) bond motifs is 1. The van der Waals surface area contributed by atoms with E-state index in [2.05, 4.69) is 0 Å². The minimum Gasteiger partial charge on any atom is -0.443 e. The van der Waals surface area contributed by atoms with Gasteiger partial charge in [-0.05, 0) is 35.0 Å². The third-order valence-electron chi connectivity index (χ3n) is 2.88. The van der Waals surface area contributed by atoms with Crippen molar-refractivity contribution in [2.75, 3.05) is 18.0 Å². The molecule has 1 aliphatic heterocycles. The Morgan fingerprint density at radius 3 is 3.12 bits per heavy atom. The molecule has 0 spiro atoms. The first-order chi connectivity index (χ1) is 8.28. The van der Waals surface area contributed by atoms with Crippen molar-refractivity contribution < 1.29 is 9.53 Å². The van der Waals surface area contributed by atoms with Crippen LogP contribution in [0.15, 0.2) is 29.6 Å². The largest absolute Gasteiger partial charge is 0.443 e. The number of nitrogens with two attached hydrogens (primary N) is 1. The van der Waals surface area contributed by atoms with Gasteiger partial charge < -0.3 is 10.5 Å². The number of cyclic esters (lactones) is 1. The van der Waals surface area contributed by atoms with E-state index in [4.69, 9.17) is 10.5 Å². The summed E-state index contributed by atoms with van der Waals surface area (Å²) >= 11 is 1.69. The highest BCUT2D eigenvalue weighted by molar-refractivity contribution is 7.17. The molecule has 17 heavy (non-hydrogen) atoms. The van der Waals surface area contributed by atoms with Crippen molar-refractivity contribution in [2.24, 2.45) is 5.73 Å². The minimum absolute atomic E-state index is 0.194. The van der Waals surface area contributed by atoms with Gasteiger partial charge in [0.1, 0.15) is 6.10 Å². The van der Waals surface area contributed by atoms with Crippen molar-refractivity contribution in [2.45, 2.75) is 6.10 Å². The zero-order valence-electron chi connectivity index (χ0n) is 9.13.